The Morgan fingerprint density at radius 2 is 1.94 bits per heavy atom. The number of carbonyl (C=O) groups is 2. The second kappa shape index (κ2) is 12.1. The van der Waals surface area contributed by atoms with Gasteiger partial charge >= 0.3 is 12.1 Å². The number of halogens is 1. The van der Waals surface area contributed by atoms with E-state index in [-0.39, 0.29) is 18.7 Å². The van der Waals surface area contributed by atoms with Gasteiger partial charge in [0.1, 0.15) is 11.4 Å². The highest BCUT2D eigenvalue weighted by Crippen LogP contribution is 2.38. The molecule has 2 aromatic carbocycles. The molecule has 0 fully saturated rings. The highest BCUT2D eigenvalue weighted by molar-refractivity contribution is 5.93. The highest BCUT2D eigenvalue weighted by atomic mass is 19.1. The van der Waals surface area contributed by atoms with Gasteiger partial charge in [0.15, 0.2) is 0 Å². The largest absolute Gasteiger partial charge is 0.463 e. The lowest BCUT2D eigenvalue weighted by atomic mass is 9.99. The van der Waals surface area contributed by atoms with Crippen LogP contribution in [0.25, 0.3) is 6.08 Å². The third-order valence-electron chi connectivity index (χ3n) is 5.78. The minimum Gasteiger partial charge on any atom is -0.463 e. The van der Waals surface area contributed by atoms with Gasteiger partial charge < -0.3 is 14.4 Å². The van der Waals surface area contributed by atoms with Gasteiger partial charge in [-0.3, -0.25) is 4.90 Å². The van der Waals surface area contributed by atoms with Gasteiger partial charge in [0, 0.05) is 24.7 Å². The van der Waals surface area contributed by atoms with E-state index in [9.17, 15) is 14.0 Å². The third-order valence-corrected chi connectivity index (χ3v) is 5.78. The van der Waals surface area contributed by atoms with Crippen molar-refractivity contribution in [2.45, 2.75) is 66.0 Å². The van der Waals surface area contributed by atoms with E-state index in [1.165, 1.54) is 23.8 Å². The first kappa shape index (κ1) is 27.2. The van der Waals surface area contributed by atoms with E-state index in [0.717, 1.165) is 43.7 Å². The lowest BCUT2D eigenvalue weighted by Crippen LogP contribution is -2.39. The van der Waals surface area contributed by atoms with E-state index in [4.69, 9.17) is 9.47 Å². The summed E-state index contributed by atoms with van der Waals surface area (Å²) < 4.78 is 25.5. The Morgan fingerprint density at radius 3 is 2.61 bits per heavy atom. The van der Waals surface area contributed by atoms with Crippen molar-refractivity contribution >= 4 is 29.5 Å². The lowest BCUT2D eigenvalue weighted by molar-refractivity contribution is -0.137. The van der Waals surface area contributed by atoms with Crippen molar-refractivity contribution in [1.29, 1.82) is 0 Å². The summed E-state index contributed by atoms with van der Waals surface area (Å²) in [5.41, 5.74) is 3.21. The summed E-state index contributed by atoms with van der Waals surface area (Å²) >= 11 is 0. The first-order valence-electron chi connectivity index (χ1n) is 12.6. The van der Waals surface area contributed by atoms with E-state index in [2.05, 4.69) is 17.9 Å². The second-order valence-corrected chi connectivity index (χ2v) is 9.88. The van der Waals surface area contributed by atoms with Crippen molar-refractivity contribution in [3.8, 4) is 0 Å². The van der Waals surface area contributed by atoms with Crippen LogP contribution in [0.2, 0.25) is 0 Å². The molecule has 3 rings (SSSR count). The van der Waals surface area contributed by atoms with Crippen molar-refractivity contribution < 1.29 is 23.5 Å². The Morgan fingerprint density at radius 1 is 1.17 bits per heavy atom. The van der Waals surface area contributed by atoms with Crippen LogP contribution in [0.3, 0.4) is 0 Å². The lowest BCUT2D eigenvalue weighted by Gasteiger charge is -2.36. The smallest absolute Gasteiger partial charge is 0.415 e. The average Bonchev–Trinajstić information content (AvgIpc) is 2.81. The van der Waals surface area contributed by atoms with E-state index in [1.54, 1.807) is 24.0 Å². The maximum atomic E-state index is 14.9. The standard InChI is InChI=1S/C29H37FN2O4/c1-6-17-31-18-9-11-23-10-8-12-25(27(23)31)32(28(34)36-29(3,4)5)20-21-13-14-22(24(30)19-21)15-16-26(33)35-7-2/h8,10,12-16,19H,6-7,9,11,17-18,20H2,1-5H3/b16-15+. The predicted molar refractivity (Wildman–Crippen MR) is 142 cm³/mol. The van der Waals surface area contributed by atoms with Crippen LogP contribution in [0, 0.1) is 5.82 Å². The number of nitrogens with zero attached hydrogens (tertiary/aromatic N) is 2. The van der Waals surface area contributed by atoms with Gasteiger partial charge in [0.25, 0.3) is 0 Å². The van der Waals surface area contributed by atoms with E-state index in [1.807, 2.05) is 32.9 Å². The molecule has 0 aromatic heterocycles. The fourth-order valence-electron chi connectivity index (χ4n) is 4.33. The molecule has 1 heterocycles. The number of rotatable bonds is 8. The molecule has 6 nitrogen and oxygen atoms in total. The van der Waals surface area contributed by atoms with Crippen molar-refractivity contribution in [2.75, 3.05) is 29.5 Å². The van der Waals surface area contributed by atoms with E-state index >= 15 is 0 Å². The maximum absolute atomic E-state index is 14.9. The molecule has 1 aliphatic heterocycles. The molecule has 0 radical (unpaired) electrons. The van der Waals surface area contributed by atoms with Crippen LogP contribution in [0.15, 0.2) is 42.5 Å². The van der Waals surface area contributed by atoms with Crippen molar-refractivity contribution in [2.24, 2.45) is 0 Å². The summed E-state index contributed by atoms with van der Waals surface area (Å²) in [5, 5.41) is 0. The van der Waals surface area contributed by atoms with Crippen molar-refractivity contribution in [1.82, 2.24) is 0 Å². The maximum Gasteiger partial charge on any atom is 0.415 e. The van der Waals surface area contributed by atoms with Crippen LogP contribution in [-0.2, 0) is 27.2 Å². The molecular weight excluding hydrogens is 459 g/mol. The van der Waals surface area contributed by atoms with Crippen LogP contribution < -0.4 is 9.80 Å². The number of amides is 1. The van der Waals surface area contributed by atoms with Gasteiger partial charge in [-0.05, 0) is 76.3 Å². The monoisotopic (exact) mass is 496 g/mol. The zero-order valence-electron chi connectivity index (χ0n) is 22.0. The minimum absolute atomic E-state index is 0.143. The van der Waals surface area contributed by atoms with Crippen LogP contribution in [0.1, 0.15) is 64.2 Å². The third kappa shape index (κ3) is 7.09. The summed E-state index contributed by atoms with van der Waals surface area (Å²) in [6.07, 6.45) is 5.11. The Kier molecular flexibility index (Phi) is 9.13. The molecule has 1 amide bonds. The molecular formula is C29H37FN2O4. The minimum atomic E-state index is -0.680. The zero-order chi connectivity index (χ0) is 26.3. The van der Waals surface area contributed by atoms with Gasteiger partial charge in [-0.1, -0.05) is 31.2 Å². The molecule has 1 aliphatic rings. The topological polar surface area (TPSA) is 59.1 Å². The number of benzene rings is 2. The van der Waals surface area contributed by atoms with Crippen LogP contribution in [0.4, 0.5) is 20.6 Å². The fraction of sp³-hybridized carbons (Fsp3) is 0.448. The highest BCUT2D eigenvalue weighted by Gasteiger charge is 2.29. The normalized spacial score (nSPS) is 13.4. The van der Waals surface area contributed by atoms with Crippen LogP contribution in [0.5, 0.6) is 0 Å². The molecule has 7 heteroatoms. The summed E-state index contributed by atoms with van der Waals surface area (Å²) in [7, 11) is 0. The zero-order valence-corrected chi connectivity index (χ0v) is 22.0. The predicted octanol–water partition coefficient (Wildman–Crippen LogP) is 6.51. The van der Waals surface area contributed by atoms with Crippen LogP contribution >= 0.6 is 0 Å². The number of carbonyl (C=O) groups excluding carboxylic acids is 2. The van der Waals surface area contributed by atoms with Crippen molar-refractivity contribution in [3.63, 3.8) is 0 Å². The summed E-state index contributed by atoms with van der Waals surface area (Å²) in [6, 6.07) is 10.7. The van der Waals surface area contributed by atoms with E-state index < -0.39 is 23.5 Å². The summed E-state index contributed by atoms with van der Waals surface area (Å²) in [5.74, 6) is -1.01. The Balaban J connectivity index is 1.97. The van der Waals surface area contributed by atoms with Gasteiger partial charge in [0.05, 0.1) is 24.5 Å². The molecule has 0 N–H and O–H groups in total. The number of esters is 1. The molecule has 0 unspecified atom stereocenters. The number of aryl methyl sites for hydroxylation is 1. The first-order valence-corrected chi connectivity index (χ1v) is 12.6. The Bertz CT molecular complexity index is 1110. The van der Waals surface area contributed by atoms with Gasteiger partial charge in [0.2, 0.25) is 0 Å². The number of fused-ring (bicyclic) bond motifs is 1. The fourth-order valence-corrected chi connectivity index (χ4v) is 4.33. The quantitative estimate of drug-likeness (QED) is 0.308. The number of anilines is 2. The number of para-hydroxylation sites is 1. The van der Waals surface area contributed by atoms with Gasteiger partial charge in [-0.25, -0.2) is 14.0 Å². The summed E-state index contributed by atoms with van der Waals surface area (Å²) in [6.45, 7) is 11.6. The average molecular weight is 497 g/mol. The molecule has 0 aliphatic carbocycles. The molecule has 0 atom stereocenters. The molecule has 36 heavy (non-hydrogen) atoms. The molecule has 0 saturated carbocycles. The second-order valence-electron chi connectivity index (χ2n) is 9.88. The van der Waals surface area contributed by atoms with E-state index in [0.29, 0.717) is 5.56 Å². The number of ether oxygens (including phenoxy) is 2. The van der Waals surface area contributed by atoms with Gasteiger partial charge in [-0.2, -0.15) is 0 Å². The Hall–Kier alpha value is -3.35. The molecule has 0 bridgehead atoms. The van der Waals surface area contributed by atoms with Crippen molar-refractivity contribution in [3.05, 3.63) is 65.0 Å². The van der Waals surface area contributed by atoms with Gasteiger partial charge in [-0.15, -0.1) is 0 Å². The SMILES string of the molecule is CCCN1CCCc2cccc(N(Cc3ccc(/C=C/C(=O)OCC)c(F)c3)C(=O)OC(C)(C)C)c21. The molecule has 0 saturated heterocycles. The molecule has 194 valence electrons. The summed E-state index contributed by atoms with van der Waals surface area (Å²) in [4.78, 5) is 28.9. The number of hydrogen-bond acceptors (Lipinski definition) is 5. The molecule has 2 aromatic rings. The number of hydrogen-bond donors (Lipinski definition) is 0. The Labute approximate surface area is 213 Å². The molecule has 0 spiro atoms. The first-order chi connectivity index (χ1) is 17.1. The van der Waals surface area contributed by atoms with Crippen LogP contribution in [-0.4, -0.2) is 37.4 Å².